The molecule has 88 valence electrons. The lowest BCUT2D eigenvalue weighted by atomic mass is 10.1. The van der Waals surface area contributed by atoms with Crippen LogP contribution in [-0.2, 0) is 0 Å². The highest BCUT2D eigenvalue weighted by atomic mass is 79.9. The fraction of sp³-hybridized carbons (Fsp3) is 0.167. The zero-order chi connectivity index (χ0) is 12.4. The van der Waals surface area contributed by atoms with Crippen molar-refractivity contribution in [3.8, 4) is 11.3 Å². The van der Waals surface area contributed by atoms with E-state index in [1.165, 1.54) is 0 Å². The van der Waals surface area contributed by atoms with Crippen LogP contribution >= 0.6 is 15.9 Å². The Morgan fingerprint density at radius 1 is 1.29 bits per heavy atom. The number of aryl methyl sites for hydroxylation is 1. The zero-order valence-corrected chi connectivity index (χ0v) is 11.0. The quantitative estimate of drug-likeness (QED) is 0.923. The van der Waals surface area contributed by atoms with Gasteiger partial charge in [0.05, 0.1) is 10.2 Å². The minimum absolute atomic E-state index is 0.312. The molecule has 1 N–H and O–H groups in total. The van der Waals surface area contributed by atoms with Crippen LogP contribution in [0.3, 0.4) is 0 Å². The van der Waals surface area contributed by atoms with Gasteiger partial charge >= 0.3 is 0 Å². The van der Waals surface area contributed by atoms with E-state index in [4.69, 9.17) is 0 Å². The number of anilines is 1. The first-order chi connectivity index (χ1) is 8.11. The van der Waals surface area contributed by atoms with Gasteiger partial charge in [-0.1, -0.05) is 6.07 Å². The van der Waals surface area contributed by atoms with Gasteiger partial charge in [-0.3, -0.25) is 0 Å². The van der Waals surface area contributed by atoms with Gasteiger partial charge in [-0.15, -0.1) is 0 Å². The molecular weight excluding hydrogens is 285 g/mol. The van der Waals surface area contributed by atoms with E-state index in [9.17, 15) is 4.39 Å². The molecular formula is C12H11BrFN3. The average Bonchev–Trinajstić information content (AvgIpc) is 2.31. The summed E-state index contributed by atoms with van der Waals surface area (Å²) in [7, 11) is 1.77. The number of hydrogen-bond acceptors (Lipinski definition) is 3. The van der Waals surface area contributed by atoms with Crippen molar-refractivity contribution in [3.05, 3.63) is 40.4 Å². The lowest BCUT2D eigenvalue weighted by molar-refractivity contribution is 0.624. The Kier molecular flexibility index (Phi) is 3.38. The molecule has 2 rings (SSSR count). The highest BCUT2D eigenvalue weighted by Crippen LogP contribution is 2.27. The van der Waals surface area contributed by atoms with Crippen LogP contribution in [0.4, 0.5) is 10.2 Å². The third kappa shape index (κ3) is 2.44. The topological polar surface area (TPSA) is 37.8 Å². The number of nitrogens with one attached hydrogen (secondary N) is 1. The Morgan fingerprint density at radius 2 is 2.06 bits per heavy atom. The van der Waals surface area contributed by atoms with E-state index in [0.29, 0.717) is 27.4 Å². The van der Waals surface area contributed by atoms with Crippen LogP contribution in [0.15, 0.2) is 28.7 Å². The van der Waals surface area contributed by atoms with Gasteiger partial charge in [-0.05, 0) is 35.0 Å². The predicted molar refractivity (Wildman–Crippen MR) is 69.4 cm³/mol. The SMILES string of the molecule is CNc1cc(-c2cccc(Br)c2F)nc(C)n1. The van der Waals surface area contributed by atoms with Crippen LogP contribution in [0.2, 0.25) is 0 Å². The van der Waals surface area contributed by atoms with Gasteiger partial charge in [-0.25, -0.2) is 14.4 Å². The van der Waals surface area contributed by atoms with Crippen molar-refractivity contribution >= 4 is 21.7 Å². The second kappa shape index (κ2) is 4.79. The Hall–Kier alpha value is -1.49. The summed E-state index contributed by atoms with van der Waals surface area (Å²) in [6.45, 7) is 1.78. The van der Waals surface area contributed by atoms with E-state index in [1.807, 2.05) is 0 Å². The molecule has 0 saturated carbocycles. The van der Waals surface area contributed by atoms with Gasteiger partial charge in [0.1, 0.15) is 17.5 Å². The Bertz CT molecular complexity index is 557. The maximum absolute atomic E-state index is 13.9. The molecule has 0 radical (unpaired) electrons. The van der Waals surface area contributed by atoms with Crippen LogP contribution in [-0.4, -0.2) is 17.0 Å². The minimum Gasteiger partial charge on any atom is -0.373 e. The van der Waals surface area contributed by atoms with Gasteiger partial charge in [0.2, 0.25) is 0 Å². The van der Waals surface area contributed by atoms with Crippen molar-refractivity contribution in [2.75, 3.05) is 12.4 Å². The molecule has 0 unspecified atom stereocenters. The Labute approximate surface area is 107 Å². The molecule has 2 aromatic rings. The number of rotatable bonds is 2. The first kappa shape index (κ1) is 12.0. The summed E-state index contributed by atoms with van der Waals surface area (Å²) in [5.41, 5.74) is 1.03. The molecule has 17 heavy (non-hydrogen) atoms. The lowest BCUT2D eigenvalue weighted by Gasteiger charge is -2.07. The molecule has 0 atom stereocenters. The molecule has 1 aromatic heterocycles. The van der Waals surface area contributed by atoms with E-state index in [2.05, 4.69) is 31.2 Å². The Balaban J connectivity index is 2.60. The molecule has 0 aliphatic rings. The van der Waals surface area contributed by atoms with Crippen molar-refractivity contribution < 1.29 is 4.39 Å². The molecule has 1 aromatic carbocycles. The van der Waals surface area contributed by atoms with E-state index >= 15 is 0 Å². The summed E-state index contributed by atoms with van der Waals surface area (Å²) >= 11 is 3.16. The van der Waals surface area contributed by atoms with Crippen molar-refractivity contribution in [1.29, 1.82) is 0 Å². The van der Waals surface area contributed by atoms with Gasteiger partial charge < -0.3 is 5.32 Å². The second-order valence-electron chi connectivity index (χ2n) is 3.54. The monoisotopic (exact) mass is 295 g/mol. The summed E-state index contributed by atoms with van der Waals surface area (Å²) in [6.07, 6.45) is 0. The van der Waals surface area contributed by atoms with Crippen molar-refractivity contribution in [1.82, 2.24) is 9.97 Å². The maximum Gasteiger partial charge on any atom is 0.146 e. The number of benzene rings is 1. The highest BCUT2D eigenvalue weighted by molar-refractivity contribution is 9.10. The first-order valence-electron chi connectivity index (χ1n) is 5.09. The van der Waals surface area contributed by atoms with Crippen LogP contribution in [0.1, 0.15) is 5.82 Å². The van der Waals surface area contributed by atoms with Crippen LogP contribution in [0.5, 0.6) is 0 Å². The number of hydrogen-bond donors (Lipinski definition) is 1. The summed E-state index contributed by atoms with van der Waals surface area (Å²) in [6, 6.07) is 6.85. The summed E-state index contributed by atoms with van der Waals surface area (Å²) in [4.78, 5) is 8.42. The highest BCUT2D eigenvalue weighted by Gasteiger charge is 2.10. The van der Waals surface area contributed by atoms with Gasteiger partial charge in [0, 0.05) is 18.7 Å². The first-order valence-corrected chi connectivity index (χ1v) is 5.89. The standard InChI is InChI=1S/C12H11BrFN3/c1-7-16-10(6-11(15-2)17-7)8-4-3-5-9(13)12(8)14/h3-6H,1-2H3,(H,15,16,17). The average molecular weight is 296 g/mol. The lowest BCUT2D eigenvalue weighted by Crippen LogP contribution is -1.99. The molecule has 0 bridgehead atoms. The maximum atomic E-state index is 13.9. The number of halogens is 2. The molecule has 0 aliphatic heterocycles. The van der Waals surface area contributed by atoms with Crippen molar-refractivity contribution in [2.24, 2.45) is 0 Å². The molecule has 1 heterocycles. The smallest absolute Gasteiger partial charge is 0.146 e. The molecule has 0 amide bonds. The summed E-state index contributed by atoms with van der Waals surface area (Å²) < 4.78 is 14.4. The Morgan fingerprint density at radius 3 is 2.76 bits per heavy atom. The largest absolute Gasteiger partial charge is 0.373 e. The zero-order valence-electron chi connectivity index (χ0n) is 9.46. The molecule has 5 heteroatoms. The summed E-state index contributed by atoms with van der Waals surface area (Å²) in [5.74, 6) is 0.964. The second-order valence-corrected chi connectivity index (χ2v) is 4.39. The molecule has 0 saturated heterocycles. The van der Waals surface area contributed by atoms with Gasteiger partial charge in [-0.2, -0.15) is 0 Å². The minimum atomic E-state index is -0.312. The number of aromatic nitrogens is 2. The fourth-order valence-electron chi connectivity index (χ4n) is 1.54. The molecule has 0 fully saturated rings. The van der Waals surface area contributed by atoms with Crippen molar-refractivity contribution in [3.63, 3.8) is 0 Å². The normalized spacial score (nSPS) is 10.4. The number of nitrogens with zero attached hydrogens (tertiary/aromatic N) is 2. The van der Waals surface area contributed by atoms with E-state index < -0.39 is 0 Å². The van der Waals surface area contributed by atoms with Crippen molar-refractivity contribution in [2.45, 2.75) is 6.92 Å². The van der Waals surface area contributed by atoms with Crippen LogP contribution in [0, 0.1) is 12.7 Å². The third-order valence-corrected chi connectivity index (χ3v) is 2.93. The fourth-order valence-corrected chi connectivity index (χ4v) is 1.90. The van der Waals surface area contributed by atoms with E-state index in [-0.39, 0.29) is 5.82 Å². The molecule has 0 aliphatic carbocycles. The van der Waals surface area contributed by atoms with Crippen LogP contribution < -0.4 is 5.32 Å². The van der Waals surface area contributed by atoms with E-state index in [0.717, 1.165) is 0 Å². The molecule has 3 nitrogen and oxygen atoms in total. The van der Waals surface area contributed by atoms with E-state index in [1.54, 1.807) is 38.2 Å². The summed E-state index contributed by atoms with van der Waals surface area (Å²) in [5, 5.41) is 2.93. The molecule has 0 spiro atoms. The predicted octanol–water partition coefficient (Wildman–Crippen LogP) is 3.40. The van der Waals surface area contributed by atoms with Gasteiger partial charge in [0.15, 0.2) is 0 Å². The van der Waals surface area contributed by atoms with Crippen LogP contribution in [0.25, 0.3) is 11.3 Å². The van der Waals surface area contributed by atoms with Gasteiger partial charge in [0.25, 0.3) is 0 Å². The third-order valence-electron chi connectivity index (χ3n) is 2.32.